The molecule has 1 aromatic rings. The summed E-state index contributed by atoms with van der Waals surface area (Å²) >= 11 is 0. The van der Waals surface area contributed by atoms with E-state index in [4.69, 9.17) is 5.73 Å². The van der Waals surface area contributed by atoms with Crippen molar-refractivity contribution in [2.75, 3.05) is 13.1 Å². The molecule has 1 aliphatic carbocycles. The molecule has 0 spiro atoms. The number of Topliss-reactive ketones (excluding diaryl/α,β-unsaturated/α-hetero) is 1. The van der Waals surface area contributed by atoms with E-state index in [1.54, 1.807) is 0 Å². The van der Waals surface area contributed by atoms with Crippen LogP contribution in [0.4, 0.5) is 4.39 Å². The summed E-state index contributed by atoms with van der Waals surface area (Å²) in [6.45, 7) is 1.19. The first-order valence-electron chi connectivity index (χ1n) is 8.38. The molecule has 3 rings (SSSR count). The Morgan fingerprint density at radius 1 is 1.09 bits per heavy atom. The molecular formula is C18H23FN2O2. The second kappa shape index (κ2) is 6.79. The lowest BCUT2D eigenvalue weighted by Crippen LogP contribution is -2.44. The number of piperidine rings is 1. The molecule has 0 bridgehead atoms. The number of nitrogens with zero attached hydrogens (tertiary/aromatic N) is 1. The minimum absolute atomic E-state index is 0.00521. The van der Waals surface area contributed by atoms with Gasteiger partial charge in [-0.05, 0) is 56.4 Å². The number of benzene rings is 1. The van der Waals surface area contributed by atoms with E-state index in [2.05, 4.69) is 0 Å². The topological polar surface area (TPSA) is 63.4 Å². The van der Waals surface area contributed by atoms with Crippen LogP contribution in [-0.2, 0) is 4.79 Å². The van der Waals surface area contributed by atoms with E-state index in [0.29, 0.717) is 12.1 Å². The molecule has 1 aromatic carbocycles. The first kappa shape index (κ1) is 16.1. The average Bonchev–Trinajstić information content (AvgIpc) is 3.01. The standard InChI is InChI=1S/C18H23FN2O2/c19-15-6-3-12(4-7-15)17(22)14-2-1-9-21(11-14)18(23)13-5-8-16(20)10-13/h3-4,6-7,13-14,16H,1-2,5,8-11,20H2. The lowest BCUT2D eigenvalue weighted by Gasteiger charge is -2.33. The highest BCUT2D eigenvalue weighted by atomic mass is 19.1. The van der Waals surface area contributed by atoms with Crippen LogP contribution in [0.2, 0.25) is 0 Å². The third-order valence-electron chi connectivity index (χ3n) is 5.06. The van der Waals surface area contributed by atoms with Crippen LogP contribution in [0, 0.1) is 17.7 Å². The van der Waals surface area contributed by atoms with Gasteiger partial charge in [-0.2, -0.15) is 0 Å². The fourth-order valence-electron chi connectivity index (χ4n) is 3.74. The number of nitrogens with two attached hydrogens (primary N) is 1. The van der Waals surface area contributed by atoms with Crippen LogP contribution in [-0.4, -0.2) is 35.7 Å². The predicted octanol–water partition coefficient (Wildman–Crippen LogP) is 2.37. The number of hydrogen-bond acceptors (Lipinski definition) is 3. The summed E-state index contributed by atoms with van der Waals surface area (Å²) in [5.41, 5.74) is 6.42. The van der Waals surface area contributed by atoms with Crippen LogP contribution in [0.3, 0.4) is 0 Å². The summed E-state index contributed by atoms with van der Waals surface area (Å²) in [6, 6.07) is 5.78. The smallest absolute Gasteiger partial charge is 0.225 e. The van der Waals surface area contributed by atoms with Crippen molar-refractivity contribution in [3.05, 3.63) is 35.6 Å². The molecule has 124 valence electrons. The largest absolute Gasteiger partial charge is 0.342 e. The van der Waals surface area contributed by atoms with Crippen molar-refractivity contribution in [1.29, 1.82) is 0 Å². The van der Waals surface area contributed by atoms with Crippen LogP contribution < -0.4 is 5.73 Å². The minimum Gasteiger partial charge on any atom is -0.342 e. The summed E-state index contributed by atoms with van der Waals surface area (Å²) in [6.07, 6.45) is 4.13. The lowest BCUT2D eigenvalue weighted by molar-refractivity contribution is -0.136. The van der Waals surface area contributed by atoms with Gasteiger partial charge in [-0.1, -0.05) is 0 Å². The van der Waals surface area contributed by atoms with Gasteiger partial charge in [-0.3, -0.25) is 9.59 Å². The summed E-state index contributed by atoms with van der Waals surface area (Å²) in [4.78, 5) is 27.0. The van der Waals surface area contributed by atoms with Crippen molar-refractivity contribution in [2.45, 2.75) is 38.1 Å². The summed E-state index contributed by atoms with van der Waals surface area (Å²) in [5, 5.41) is 0. The van der Waals surface area contributed by atoms with Gasteiger partial charge in [-0.15, -0.1) is 0 Å². The van der Waals surface area contributed by atoms with Crippen molar-refractivity contribution >= 4 is 11.7 Å². The molecule has 3 atom stereocenters. The molecule has 0 radical (unpaired) electrons. The van der Waals surface area contributed by atoms with Gasteiger partial charge in [-0.25, -0.2) is 4.39 Å². The Bertz CT molecular complexity index is 587. The molecule has 5 heteroatoms. The molecule has 1 aliphatic heterocycles. The molecule has 23 heavy (non-hydrogen) atoms. The Balaban J connectivity index is 1.64. The molecule has 2 aliphatic rings. The van der Waals surface area contributed by atoms with Gasteiger partial charge in [0, 0.05) is 36.5 Å². The number of likely N-dealkylation sites (tertiary alicyclic amines) is 1. The number of ketones is 1. The maximum Gasteiger partial charge on any atom is 0.225 e. The quantitative estimate of drug-likeness (QED) is 0.870. The molecule has 3 unspecified atom stereocenters. The third kappa shape index (κ3) is 3.61. The fraction of sp³-hybridized carbons (Fsp3) is 0.556. The van der Waals surface area contributed by atoms with Crippen molar-refractivity contribution in [2.24, 2.45) is 17.6 Å². The first-order chi connectivity index (χ1) is 11.0. The van der Waals surface area contributed by atoms with Gasteiger partial charge in [0.1, 0.15) is 5.82 Å². The lowest BCUT2D eigenvalue weighted by atomic mass is 9.89. The van der Waals surface area contributed by atoms with Gasteiger partial charge < -0.3 is 10.6 Å². The zero-order valence-electron chi connectivity index (χ0n) is 13.2. The zero-order chi connectivity index (χ0) is 16.4. The number of hydrogen-bond donors (Lipinski definition) is 1. The van der Waals surface area contributed by atoms with Crippen LogP contribution >= 0.6 is 0 Å². The van der Waals surface area contributed by atoms with E-state index < -0.39 is 0 Å². The molecule has 1 amide bonds. The molecule has 2 fully saturated rings. The second-order valence-corrected chi connectivity index (χ2v) is 6.76. The van der Waals surface area contributed by atoms with E-state index in [1.807, 2.05) is 4.90 Å². The third-order valence-corrected chi connectivity index (χ3v) is 5.06. The number of halogens is 1. The zero-order valence-corrected chi connectivity index (χ0v) is 13.2. The monoisotopic (exact) mass is 318 g/mol. The molecule has 0 aromatic heterocycles. The van der Waals surface area contributed by atoms with Gasteiger partial charge >= 0.3 is 0 Å². The van der Waals surface area contributed by atoms with Crippen molar-refractivity contribution < 1.29 is 14.0 Å². The second-order valence-electron chi connectivity index (χ2n) is 6.76. The van der Waals surface area contributed by atoms with Crippen LogP contribution in [0.5, 0.6) is 0 Å². The SMILES string of the molecule is NC1CCC(C(=O)N2CCCC(C(=O)c3ccc(F)cc3)C2)C1. The summed E-state index contributed by atoms with van der Waals surface area (Å²) in [7, 11) is 0. The normalized spacial score (nSPS) is 27.9. The van der Waals surface area contributed by atoms with E-state index in [0.717, 1.165) is 38.6 Å². The van der Waals surface area contributed by atoms with Crippen LogP contribution in [0.1, 0.15) is 42.5 Å². The maximum atomic E-state index is 13.0. The summed E-state index contributed by atoms with van der Waals surface area (Å²) in [5.74, 6) is -0.363. The highest BCUT2D eigenvalue weighted by Gasteiger charge is 2.35. The minimum atomic E-state index is -0.348. The number of carbonyl (C=O) groups excluding carboxylic acids is 2. The first-order valence-corrected chi connectivity index (χ1v) is 8.38. The van der Waals surface area contributed by atoms with Gasteiger partial charge in [0.15, 0.2) is 5.78 Å². The highest BCUT2D eigenvalue weighted by Crippen LogP contribution is 2.29. The van der Waals surface area contributed by atoms with Gasteiger partial charge in [0.25, 0.3) is 0 Å². The Hall–Kier alpha value is -1.75. The maximum absolute atomic E-state index is 13.0. The van der Waals surface area contributed by atoms with E-state index in [1.165, 1.54) is 24.3 Å². The predicted molar refractivity (Wildman–Crippen MR) is 85.4 cm³/mol. The van der Waals surface area contributed by atoms with Crippen LogP contribution in [0.25, 0.3) is 0 Å². The van der Waals surface area contributed by atoms with E-state index in [9.17, 15) is 14.0 Å². The van der Waals surface area contributed by atoms with E-state index in [-0.39, 0.29) is 35.4 Å². The molecule has 4 nitrogen and oxygen atoms in total. The van der Waals surface area contributed by atoms with Gasteiger partial charge in [0.05, 0.1) is 0 Å². The Labute approximate surface area is 135 Å². The fourth-order valence-corrected chi connectivity index (χ4v) is 3.74. The number of amides is 1. The molecule has 1 saturated carbocycles. The highest BCUT2D eigenvalue weighted by molar-refractivity contribution is 5.98. The summed E-state index contributed by atoms with van der Waals surface area (Å²) < 4.78 is 13.0. The Morgan fingerprint density at radius 2 is 1.83 bits per heavy atom. The molecular weight excluding hydrogens is 295 g/mol. The Kier molecular flexibility index (Phi) is 4.76. The Morgan fingerprint density at radius 3 is 2.48 bits per heavy atom. The van der Waals surface area contributed by atoms with Crippen LogP contribution in [0.15, 0.2) is 24.3 Å². The van der Waals surface area contributed by atoms with Crippen molar-refractivity contribution in [3.8, 4) is 0 Å². The number of carbonyl (C=O) groups is 2. The van der Waals surface area contributed by atoms with Gasteiger partial charge in [0.2, 0.25) is 5.91 Å². The molecule has 2 N–H and O–H groups in total. The van der Waals surface area contributed by atoms with Crippen molar-refractivity contribution in [3.63, 3.8) is 0 Å². The van der Waals surface area contributed by atoms with E-state index >= 15 is 0 Å². The number of rotatable bonds is 3. The van der Waals surface area contributed by atoms with Crippen molar-refractivity contribution in [1.82, 2.24) is 4.90 Å². The molecule has 1 saturated heterocycles. The average molecular weight is 318 g/mol. The molecule has 1 heterocycles.